The first-order valence-electron chi connectivity index (χ1n) is 6.43. The number of carbonyl (C=O) groups is 1. The van der Waals surface area contributed by atoms with E-state index >= 15 is 0 Å². The number of aryl methyl sites for hydroxylation is 1. The number of benzene rings is 1. The molecule has 0 radical (unpaired) electrons. The van der Waals surface area contributed by atoms with Crippen molar-refractivity contribution in [1.82, 2.24) is 9.78 Å². The van der Waals surface area contributed by atoms with Gasteiger partial charge < -0.3 is 11.1 Å². The van der Waals surface area contributed by atoms with Crippen LogP contribution in [-0.2, 0) is 11.3 Å². The summed E-state index contributed by atoms with van der Waals surface area (Å²) in [6.45, 7) is 0.716. The number of anilines is 1. The first-order valence-corrected chi connectivity index (χ1v) is 7.91. The van der Waals surface area contributed by atoms with Gasteiger partial charge in [-0.2, -0.15) is 5.10 Å². The van der Waals surface area contributed by atoms with Crippen molar-refractivity contribution >= 4 is 51.4 Å². The molecule has 0 saturated heterocycles. The SMILES string of the molecule is NC(=S)c1ccccc1NC(=O)CCCn1cc(I)cn1. The van der Waals surface area contributed by atoms with E-state index in [4.69, 9.17) is 18.0 Å². The average Bonchev–Trinajstić information content (AvgIpc) is 2.85. The molecule has 110 valence electrons. The van der Waals surface area contributed by atoms with Gasteiger partial charge in [-0.05, 0) is 41.1 Å². The molecule has 0 aliphatic rings. The molecule has 1 aromatic heterocycles. The fraction of sp³-hybridized carbons (Fsp3) is 0.214. The Morgan fingerprint density at radius 3 is 2.86 bits per heavy atom. The third-order valence-electron chi connectivity index (χ3n) is 2.86. The minimum Gasteiger partial charge on any atom is -0.389 e. The van der Waals surface area contributed by atoms with E-state index in [9.17, 15) is 4.79 Å². The summed E-state index contributed by atoms with van der Waals surface area (Å²) in [5, 5.41) is 7.02. The molecular formula is C14H15IN4OS. The molecule has 0 aliphatic carbocycles. The van der Waals surface area contributed by atoms with E-state index in [0.717, 1.165) is 9.99 Å². The Labute approximate surface area is 142 Å². The van der Waals surface area contributed by atoms with E-state index in [-0.39, 0.29) is 10.9 Å². The van der Waals surface area contributed by atoms with Crippen LogP contribution in [0.3, 0.4) is 0 Å². The largest absolute Gasteiger partial charge is 0.389 e. The van der Waals surface area contributed by atoms with Crippen molar-refractivity contribution in [3.63, 3.8) is 0 Å². The van der Waals surface area contributed by atoms with Gasteiger partial charge in [-0.15, -0.1) is 0 Å². The second-order valence-corrected chi connectivity index (χ2v) is 6.17. The number of nitrogens with zero attached hydrogens (tertiary/aromatic N) is 2. The van der Waals surface area contributed by atoms with E-state index in [1.165, 1.54) is 0 Å². The number of rotatable bonds is 6. The molecule has 0 unspecified atom stereocenters. The maximum Gasteiger partial charge on any atom is 0.224 e. The van der Waals surface area contributed by atoms with Crippen LogP contribution < -0.4 is 11.1 Å². The number of para-hydroxylation sites is 1. The van der Waals surface area contributed by atoms with Crippen LogP contribution in [0.5, 0.6) is 0 Å². The van der Waals surface area contributed by atoms with Gasteiger partial charge >= 0.3 is 0 Å². The number of thiocarbonyl (C=S) groups is 1. The highest BCUT2D eigenvalue weighted by molar-refractivity contribution is 14.1. The molecule has 0 bridgehead atoms. The van der Waals surface area contributed by atoms with Gasteiger partial charge in [0.05, 0.1) is 15.5 Å². The van der Waals surface area contributed by atoms with Crippen LogP contribution in [0.25, 0.3) is 0 Å². The zero-order valence-electron chi connectivity index (χ0n) is 11.3. The fourth-order valence-electron chi connectivity index (χ4n) is 1.88. The lowest BCUT2D eigenvalue weighted by molar-refractivity contribution is -0.116. The summed E-state index contributed by atoms with van der Waals surface area (Å²) in [5.74, 6) is -0.0550. The van der Waals surface area contributed by atoms with Gasteiger partial charge in [0.2, 0.25) is 5.91 Å². The summed E-state index contributed by atoms with van der Waals surface area (Å²) >= 11 is 7.17. The maximum absolute atomic E-state index is 12.0. The van der Waals surface area contributed by atoms with Gasteiger partial charge in [0.25, 0.3) is 0 Å². The molecule has 7 heteroatoms. The van der Waals surface area contributed by atoms with Crippen LogP contribution in [-0.4, -0.2) is 20.7 Å². The molecule has 0 saturated carbocycles. The molecule has 1 amide bonds. The highest BCUT2D eigenvalue weighted by Crippen LogP contribution is 2.15. The normalized spacial score (nSPS) is 10.3. The number of hydrogen-bond donors (Lipinski definition) is 2. The van der Waals surface area contributed by atoms with Crippen molar-refractivity contribution in [3.05, 3.63) is 45.8 Å². The van der Waals surface area contributed by atoms with E-state index in [1.807, 2.05) is 23.0 Å². The molecule has 0 fully saturated rings. The van der Waals surface area contributed by atoms with Crippen molar-refractivity contribution in [3.8, 4) is 0 Å². The third kappa shape index (κ3) is 4.78. The topological polar surface area (TPSA) is 72.9 Å². The van der Waals surface area contributed by atoms with Crippen molar-refractivity contribution in [2.24, 2.45) is 5.73 Å². The summed E-state index contributed by atoms with van der Waals surface area (Å²) in [6.07, 6.45) is 4.88. The van der Waals surface area contributed by atoms with Crippen molar-refractivity contribution in [2.75, 3.05) is 5.32 Å². The second kappa shape index (κ2) is 7.51. The standard InChI is InChI=1S/C14H15IN4OS/c15-10-8-17-19(9-10)7-3-6-13(20)18-12-5-2-1-4-11(12)14(16)21/h1-2,4-5,8-9H,3,6-7H2,(H2,16,21)(H,18,20). The minimum absolute atomic E-state index is 0.0550. The van der Waals surface area contributed by atoms with E-state index in [2.05, 4.69) is 33.0 Å². The zero-order valence-corrected chi connectivity index (χ0v) is 14.2. The Hall–Kier alpha value is -1.48. The quantitative estimate of drug-likeness (QED) is 0.563. The molecule has 3 N–H and O–H groups in total. The van der Waals surface area contributed by atoms with Crippen molar-refractivity contribution in [2.45, 2.75) is 19.4 Å². The maximum atomic E-state index is 12.0. The lowest BCUT2D eigenvalue weighted by Gasteiger charge is -2.09. The van der Waals surface area contributed by atoms with Crippen molar-refractivity contribution in [1.29, 1.82) is 0 Å². The van der Waals surface area contributed by atoms with Gasteiger partial charge in [0, 0.05) is 24.7 Å². The molecule has 0 spiro atoms. The van der Waals surface area contributed by atoms with E-state index < -0.39 is 0 Å². The van der Waals surface area contributed by atoms with Gasteiger partial charge in [-0.25, -0.2) is 0 Å². The summed E-state index contributed by atoms with van der Waals surface area (Å²) in [5.41, 5.74) is 6.98. The molecule has 1 aromatic carbocycles. The summed E-state index contributed by atoms with van der Waals surface area (Å²) < 4.78 is 2.92. The van der Waals surface area contributed by atoms with Gasteiger partial charge in [0.1, 0.15) is 4.99 Å². The van der Waals surface area contributed by atoms with Crippen LogP contribution in [0.2, 0.25) is 0 Å². The van der Waals surface area contributed by atoms with Crippen LogP contribution in [0.4, 0.5) is 5.69 Å². The highest BCUT2D eigenvalue weighted by atomic mass is 127. The van der Waals surface area contributed by atoms with Gasteiger partial charge in [0.15, 0.2) is 0 Å². The molecule has 0 aliphatic heterocycles. The van der Waals surface area contributed by atoms with Gasteiger partial charge in [-0.3, -0.25) is 9.48 Å². The number of halogens is 1. The molecule has 2 rings (SSSR count). The Morgan fingerprint density at radius 2 is 2.19 bits per heavy atom. The Kier molecular flexibility index (Phi) is 5.68. The van der Waals surface area contributed by atoms with Gasteiger partial charge in [-0.1, -0.05) is 24.4 Å². The minimum atomic E-state index is -0.0550. The van der Waals surface area contributed by atoms with Crippen LogP contribution >= 0.6 is 34.8 Å². The monoisotopic (exact) mass is 414 g/mol. The molecule has 21 heavy (non-hydrogen) atoms. The van der Waals surface area contributed by atoms with Crippen LogP contribution in [0.1, 0.15) is 18.4 Å². The second-order valence-electron chi connectivity index (χ2n) is 4.48. The number of nitrogens with two attached hydrogens (primary N) is 1. The molecule has 2 aromatic rings. The van der Waals surface area contributed by atoms with Crippen LogP contribution in [0.15, 0.2) is 36.7 Å². The average molecular weight is 414 g/mol. The van der Waals surface area contributed by atoms with E-state index in [1.54, 1.807) is 18.3 Å². The Balaban J connectivity index is 1.86. The summed E-state index contributed by atoms with van der Waals surface area (Å²) in [4.78, 5) is 12.2. The first-order chi connectivity index (χ1) is 10.1. The molecule has 0 atom stereocenters. The number of carbonyl (C=O) groups excluding carboxylic acids is 1. The zero-order chi connectivity index (χ0) is 15.2. The fourth-order valence-corrected chi connectivity index (χ4v) is 2.51. The molecule has 5 nitrogen and oxygen atoms in total. The van der Waals surface area contributed by atoms with E-state index in [0.29, 0.717) is 24.2 Å². The van der Waals surface area contributed by atoms with Crippen molar-refractivity contribution < 1.29 is 4.79 Å². The predicted octanol–water partition coefficient (Wildman–Crippen LogP) is 2.54. The smallest absolute Gasteiger partial charge is 0.224 e. The number of nitrogens with one attached hydrogen (secondary N) is 1. The lowest BCUT2D eigenvalue weighted by atomic mass is 10.1. The Bertz CT molecular complexity index is 656. The molecular weight excluding hydrogens is 399 g/mol. The lowest BCUT2D eigenvalue weighted by Crippen LogP contribution is -2.17. The summed E-state index contributed by atoms with van der Waals surface area (Å²) in [6, 6.07) is 7.26. The Morgan fingerprint density at radius 1 is 1.43 bits per heavy atom. The first kappa shape index (κ1) is 15.9. The van der Waals surface area contributed by atoms with Crippen LogP contribution in [0, 0.1) is 3.57 Å². The number of amides is 1. The predicted molar refractivity (Wildman–Crippen MR) is 95.1 cm³/mol. The number of aromatic nitrogens is 2. The number of hydrogen-bond acceptors (Lipinski definition) is 3. The highest BCUT2D eigenvalue weighted by Gasteiger charge is 2.08. The third-order valence-corrected chi connectivity index (χ3v) is 3.64. The molecule has 1 heterocycles. The summed E-state index contributed by atoms with van der Waals surface area (Å²) in [7, 11) is 0.